The Morgan fingerprint density at radius 3 is 2.67 bits per heavy atom. The van der Waals surface area contributed by atoms with Crippen molar-refractivity contribution in [2.45, 2.75) is 6.42 Å². The van der Waals surface area contributed by atoms with Gasteiger partial charge in [0.05, 0.1) is 10.7 Å². The van der Waals surface area contributed by atoms with Gasteiger partial charge in [-0.1, -0.05) is 28.1 Å². The molecule has 0 unspecified atom stereocenters. The molecule has 0 aliphatic heterocycles. The van der Waals surface area contributed by atoms with E-state index in [-0.39, 0.29) is 6.61 Å². The van der Waals surface area contributed by atoms with Gasteiger partial charge in [-0.25, -0.2) is 4.98 Å². The molecule has 0 saturated heterocycles. The third-order valence-electron chi connectivity index (χ3n) is 2.02. The molecule has 0 aliphatic carbocycles. The Morgan fingerprint density at radius 2 is 2.00 bits per heavy atom. The predicted molar refractivity (Wildman–Crippen MR) is 66.0 cm³/mol. The average Bonchev–Trinajstić information content (AvgIpc) is 2.68. The molecule has 4 heteroatoms. The molecule has 1 N–H and O–H groups in total. The molecule has 78 valence electrons. The maximum atomic E-state index is 8.80. The Hall–Kier alpha value is -0.710. The van der Waals surface area contributed by atoms with Gasteiger partial charge in [0.25, 0.3) is 0 Å². The topological polar surface area (TPSA) is 33.1 Å². The third kappa shape index (κ3) is 2.65. The number of hydrogen-bond acceptors (Lipinski definition) is 3. The molecular formula is C11H10BrNOS. The number of benzene rings is 1. The van der Waals surface area contributed by atoms with Gasteiger partial charge in [-0.15, -0.1) is 11.3 Å². The lowest BCUT2D eigenvalue weighted by Crippen LogP contribution is -1.88. The van der Waals surface area contributed by atoms with Crippen LogP contribution < -0.4 is 0 Å². The van der Waals surface area contributed by atoms with Crippen LogP contribution in [0.15, 0.2) is 34.1 Å². The van der Waals surface area contributed by atoms with E-state index in [1.807, 2.05) is 29.6 Å². The minimum atomic E-state index is 0.160. The molecule has 0 amide bonds. The number of halogens is 1. The van der Waals surface area contributed by atoms with Crippen molar-refractivity contribution in [3.63, 3.8) is 0 Å². The van der Waals surface area contributed by atoms with E-state index >= 15 is 0 Å². The summed E-state index contributed by atoms with van der Waals surface area (Å²) in [6, 6.07) is 8.06. The van der Waals surface area contributed by atoms with E-state index in [9.17, 15) is 0 Å². The second-order valence-electron chi connectivity index (χ2n) is 3.11. The minimum Gasteiger partial charge on any atom is -0.396 e. The van der Waals surface area contributed by atoms with Crippen molar-refractivity contribution in [1.82, 2.24) is 4.98 Å². The zero-order chi connectivity index (χ0) is 10.7. The molecule has 0 radical (unpaired) electrons. The molecule has 2 aromatic rings. The molecule has 0 aliphatic rings. The lowest BCUT2D eigenvalue weighted by molar-refractivity contribution is 0.299. The molecule has 0 atom stereocenters. The number of aliphatic hydroxyl groups excluding tert-OH is 1. The van der Waals surface area contributed by atoms with Crippen molar-refractivity contribution in [3.8, 4) is 11.3 Å². The highest BCUT2D eigenvalue weighted by Gasteiger charge is 2.03. The lowest BCUT2D eigenvalue weighted by Gasteiger charge is -1.96. The number of hydrogen-bond donors (Lipinski definition) is 1. The first-order valence-corrected chi connectivity index (χ1v) is 6.28. The van der Waals surface area contributed by atoms with Gasteiger partial charge in [0.15, 0.2) is 0 Å². The number of nitrogens with zero attached hydrogens (tertiary/aromatic N) is 1. The quantitative estimate of drug-likeness (QED) is 0.939. The first-order valence-electron chi connectivity index (χ1n) is 4.61. The average molecular weight is 284 g/mol. The van der Waals surface area contributed by atoms with Crippen LogP contribution in [0.1, 0.15) is 5.01 Å². The van der Waals surface area contributed by atoms with E-state index in [0.717, 1.165) is 20.7 Å². The molecule has 2 nitrogen and oxygen atoms in total. The fourth-order valence-corrected chi connectivity index (χ4v) is 2.34. The van der Waals surface area contributed by atoms with Crippen molar-refractivity contribution in [3.05, 3.63) is 39.1 Å². The molecule has 0 saturated carbocycles. The summed E-state index contributed by atoms with van der Waals surface area (Å²) < 4.78 is 1.07. The molecule has 0 fully saturated rings. The van der Waals surface area contributed by atoms with Gasteiger partial charge in [-0.3, -0.25) is 0 Å². The van der Waals surface area contributed by atoms with Crippen LogP contribution in [0.25, 0.3) is 11.3 Å². The Bertz CT molecular complexity index is 438. The normalized spacial score (nSPS) is 10.5. The smallest absolute Gasteiger partial charge is 0.0955 e. The van der Waals surface area contributed by atoms with Gasteiger partial charge in [0.2, 0.25) is 0 Å². The van der Waals surface area contributed by atoms with Crippen LogP contribution in [0.2, 0.25) is 0 Å². The monoisotopic (exact) mass is 283 g/mol. The Balaban J connectivity index is 2.25. The minimum absolute atomic E-state index is 0.160. The van der Waals surface area contributed by atoms with Crippen LogP contribution >= 0.6 is 27.3 Å². The summed E-state index contributed by atoms with van der Waals surface area (Å²) in [5, 5.41) is 11.8. The van der Waals surface area contributed by atoms with Gasteiger partial charge in [0.1, 0.15) is 0 Å². The molecule has 1 heterocycles. The zero-order valence-corrected chi connectivity index (χ0v) is 10.4. The molecule has 1 aromatic heterocycles. The first kappa shape index (κ1) is 10.8. The fraction of sp³-hybridized carbons (Fsp3) is 0.182. The number of thiazole rings is 1. The van der Waals surface area contributed by atoms with E-state index < -0.39 is 0 Å². The van der Waals surface area contributed by atoms with Crippen LogP contribution in [0.4, 0.5) is 0 Å². The third-order valence-corrected chi connectivity index (χ3v) is 3.45. The lowest BCUT2D eigenvalue weighted by atomic mass is 10.2. The SMILES string of the molecule is OCCc1nc(-c2ccc(Br)cc2)cs1. The highest BCUT2D eigenvalue weighted by Crippen LogP contribution is 2.23. The number of rotatable bonds is 3. The van der Waals surface area contributed by atoms with Crippen molar-refractivity contribution in [1.29, 1.82) is 0 Å². The molecule has 1 aromatic carbocycles. The van der Waals surface area contributed by atoms with Gasteiger partial charge >= 0.3 is 0 Å². The summed E-state index contributed by atoms with van der Waals surface area (Å²) in [6.45, 7) is 0.160. The highest BCUT2D eigenvalue weighted by molar-refractivity contribution is 9.10. The van der Waals surface area contributed by atoms with E-state index in [0.29, 0.717) is 6.42 Å². The molecular weight excluding hydrogens is 274 g/mol. The molecule has 15 heavy (non-hydrogen) atoms. The summed E-state index contributed by atoms with van der Waals surface area (Å²) in [5.74, 6) is 0. The Morgan fingerprint density at radius 1 is 1.27 bits per heavy atom. The number of aromatic nitrogens is 1. The van der Waals surface area contributed by atoms with E-state index in [2.05, 4.69) is 20.9 Å². The molecule has 2 rings (SSSR count). The van der Waals surface area contributed by atoms with Gasteiger partial charge in [-0.2, -0.15) is 0 Å². The Labute approximate surface area is 101 Å². The van der Waals surface area contributed by atoms with Crippen molar-refractivity contribution < 1.29 is 5.11 Å². The summed E-state index contributed by atoms with van der Waals surface area (Å²) in [6.07, 6.45) is 0.640. The van der Waals surface area contributed by atoms with Crippen molar-refractivity contribution in [2.24, 2.45) is 0 Å². The fourth-order valence-electron chi connectivity index (χ4n) is 1.27. The second kappa shape index (κ2) is 4.88. The highest BCUT2D eigenvalue weighted by atomic mass is 79.9. The summed E-state index contributed by atoms with van der Waals surface area (Å²) in [5.41, 5.74) is 2.09. The van der Waals surface area contributed by atoms with Crippen LogP contribution in [-0.4, -0.2) is 16.7 Å². The largest absolute Gasteiger partial charge is 0.396 e. The van der Waals surface area contributed by atoms with Crippen molar-refractivity contribution in [2.75, 3.05) is 6.61 Å². The summed E-state index contributed by atoms with van der Waals surface area (Å²) in [4.78, 5) is 4.44. The van der Waals surface area contributed by atoms with Gasteiger partial charge in [0, 0.05) is 28.4 Å². The van der Waals surface area contributed by atoms with Gasteiger partial charge in [-0.05, 0) is 12.1 Å². The second-order valence-corrected chi connectivity index (χ2v) is 4.97. The standard InChI is InChI=1S/C11H10BrNOS/c12-9-3-1-8(2-4-9)10-7-15-11(13-10)5-6-14/h1-4,7,14H,5-6H2. The summed E-state index contributed by atoms with van der Waals surface area (Å²) in [7, 11) is 0. The summed E-state index contributed by atoms with van der Waals surface area (Å²) >= 11 is 4.99. The first-order chi connectivity index (χ1) is 7.29. The van der Waals surface area contributed by atoms with Gasteiger partial charge < -0.3 is 5.11 Å². The van der Waals surface area contributed by atoms with Crippen LogP contribution in [-0.2, 0) is 6.42 Å². The van der Waals surface area contributed by atoms with Crippen LogP contribution in [0.3, 0.4) is 0 Å². The van der Waals surface area contributed by atoms with E-state index in [1.54, 1.807) is 11.3 Å². The van der Waals surface area contributed by atoms with E-state index in [4.69, 9.17) is 5.11 Å². The van der Waals surface area contributed by atoms with Crippen LogP contribution in [0.5, 0.6) is 0 Å². The molecule has 0 bridgehead atoms. The van der Waals surface area contributed by atoms with Crippen LogP contribution in [0, 0.1) is 0 Å². The number of aliphatic hydroxyl groups is 1. The Kier molecular flexibility index (Phi) is 3.51. The maximum Gasteiger partial charge on any atom is 0.0955 e. The predicted octanol–water partition coefficient (Wildman–Crippen LogP) is 3.11. The molecule has 0 spiro atoms. The zero-order valence-electron chi connectivity index (χ0n) is 7.98. The van der Waals surface area contributed by atoms with Crippen molar-refractivity contribution >= 4 is 27.3 Å². The van der Waals surface area contributed by atoms with E-state index in [1.165, 1.54) is 0 Å². The maximum absolute atomic E-state index is 8.80.